The van der Waals surface area contributed by atoms with Crippen LogP contribution in [0.3, 0.4) is 0 Å². The highest BCUT2D eigenvalue weighted by Gasteiger charge is 2.27. The molecule has 2 rings (SSSR count). The molecule has 1 amide bonds. The summed E-state index contributed by atoms with van der Waals surface area (Å²) in [6.45, 7) is 1.80. The van der Waals surface area contributed by atoms with E-state index < -0.39 is 6.04 Å². The Balaban J connectivity index is 2.45. The Morgan fingerprint density at radius 1 is 1.53 bits per heavy atom. The molecular weight excluding hydrogens is 197 g/mol. The highest BCUT2D eigenvalue weighted by atomic mass is 19.1. The van der Waals surface area contributed by atoms with Gasteiger partial charge in [0.2, 0.25) is 0 Å². The van der Waals surface area contributed by atoms with Gasteiger partial charge in [-0.05, 0) is 30.2 Å². The van der Waals surface area contributed by atoms with Gasteiger partial charge in [0.25, 0.3) is 5.91 Å². The molecule has 78 valence electrons. The SMILES string of the molecule is Cc1ccc(F)cc1C1N=C(N)NC1=O. The minimum atomic E-state index is -0.722. The average molecular weight is 207 g/mol. The number of halogens is 1. The van der Waals surface area contributed by atoms with Gasteiger partial charge in [-0.25, -0.2) is 9.38 Å². The average Bonchev–Trinajstić information content (AvgIpc) is 2.50. The fourth-order valence-corrected chi connectivity index (χ4v) is 1.54. The number of nitrogens with one attached hydrogen (secondary N) is 1. The quantitative estimate of drug-likeness (QED) is 0.708. The van der Waals surface area contributed by atoms with Crippen LogP contribution in [0.2, 0.25) is 0 Å². The number of amides is 1. The molecule has 1 aromatic rings. The molecule has 1 aliphatic heterocycles. The second-order valence-corrected chi connectivity index (χ2v) is 3.41. The second-order valence-electron chi connectivity index (χ2n) is 3.41. The van der Waals surface area contributed by atoms with Gasteiger partial charge in [0.1, 0.15) is 5.82 Å². The number of aliphatic imine (C=N–C) groups is 1. The van der Waals surface area contributed by atoms with E-state index >= 15 is 0 Å². The number of rotatable bonds is 1. The van der Waals surface area contributed by atoms with Gasteiger partial charge in [0, 0.05) is 0 Å². The number of nitrogens with zero attached hydrogens (tertiary/aromatic N) is 1. The van der Waals surface area contributed by atoms with Gasteiger partial charge in [0.15, 0.2) is 12.0 Å². The van der Waals surface area contributed by atoms with Gasteiger partial charge in [-0.3, -0.25) is 10.1 Å². The van der Waals surface area contributed by atoms with Crippen LogP contribution in [0.15, 0.2) is 23.2 Å². The van der Waals surface area contributed by atoms with E-state index in [2.05, 4.69) is 10.3 Å². The van der Waals surface area contributed by atoms with Gasteiger partial charge in [-0.15, -0.1) is 0 Å². The number of guanidine groups is 1. The van der Waals surface area contributed by atoms with Crippen LogP contribution < -0.4 is 11.1 Å². The zero-order valence-corrected chi connectivity index (χ0v) is 8.12. The molecule has 5 heteroatoms. The first kappa shape index (κ1) is 9.64. The van der Waals surface area contributed by atoms with Crippen LogP contribution in [0.1, 0.15) is 17.2 Å². The molecule has 0 aromatic heterocycles. The van der Waals surface area contributed by atoms with Crippen LogP contribution in [-0.2, 0) is 4.79 Å². The summed E-state index contributed by atoms with van der Waals surface area (Å²) in [5, 5.41) is 2.38. The van der Waals surface area contributed by atoms with E-state index in [4.69, 9.17) is 5.73 Å². The lowest BCUT2D eigenvalue weighted by Gasteiger charge is -2.08. The molecule has 1 unspecified atom stereocenters. The Bertz CT molecular complexity index is 456. The standard InChI is InChI=1S/C10H10FN3O/c1-5-2-3-6(11)4-7(5)8-9(15)14-10(12)13-8/h2-4,8H,1H3,(H3,12,13,14,15). The maximum Gasteiger partial charge on any atom is 0.256 e. The first-order valence-electron chi connectivity index (χ1n) is 4.48. The van der Waals surface area contributed by atoms with Crippen molar-refractivity contribution in [2.75, 3.05) is 0 Å². The van der Waals surface area contributed by atoms with Gasteiger partial charge in [-0.2, -0.15) is 0 Å². The zero-order valence-electron chi connectivity index (χ0n) is 8.12. The van der Waals surface area contributed by atoms with Crippen molar-refractivity contribution in [2.45, 2.75) is 13.0 Å². The van der Waals surface area contributed by atoms with E-state index in [9.17, 15) is 9.18 Å². The van der Waals surface area contributed by atoms with Crippen molar-refractivity contribution in [3.63, 3.8) is 0 Å². The Morgan fingerprint density at radius 3 is 2.87 bits per heavy atom. The number of hydrogen-bond donors (Lipinski definition) is 2. The maximum absolute atomic E-state index is 13.0. The van der Waals surface area contributed by atoms with Crippen LogP contribution in [0.25, 0.3) is 0 Å². The molecule has 0 saturated carbocycles. The summed E-state index contributed by atoms with van der Waals surface area (Å²) in [6, 6.07) is 3.54. The third kappa shape index (κ3) is 1.68. The molecule has 0 aliphatic carbocycles. The lowest BCUT2D eigenvalue weighted by atomic mass is 10.0. The Labute approximate surface area is 86.0 Å². The molecule has 0 saturated heterocycles. The van der Waals surface area contributed by atoms with Gasteiger partial charge < -0.3 is 5.73 Å². The molecular formula is C10H10FN3O. The highest BCUT2D eigenvalue weighted by Crippen LogP contribution is 2.24. The van der Waals surface area contributed by atoms with Crippen LogP contribution in [0.4, 0.5) is 4.39 Å². The van der Waals surface area contributed by atoms with E-state index in [-0.39, 0.29) is 17.7 Å². The van der Waals surface area contributed by atoms with E-state index in [1.807, 2.05) is 0 Å². The summed E-state index contributed by atoms with van der Waals surface area (Å²) in [5.74, 6) is -0.626. The highest BCUT2D eigenvalue weighted by molar-refractivity contribution is 6.04. The predicted molar refractivity (Wildman–Crippen MR) is 53.6 cm³/mol. The van der Waals surface area contributed by atoms with Crippen LogP contribution >= 0.6 is 0 Å². The lowest BCUT2D eigenvalue weighted by molar-refractivity contribution is -0.120. The normalized spacial score (nSPS) is 20.0. The van der Waals surface area contributed by atoms with E-state index in [0.717, 1.165) is 5.56 Å². The summed E-state index contributed by atoms with van der Waals surface area (Å²) in [7, 11) is 0. The smallest absolute Gasteiger partial charge is 0.256 e. The minimum absolute atomic E-state index is 0.0775. The summed E-state index contributed by atoms with van der Waals surface area (Å²) < 4.78 is 13.0. The largest absolute Gasteiger partial charge is 0.370 e. The van der Waals surface area contributed by atoms with Crippen molar-refractivity contribution < 1.29 is 9.18 Å². The molecule has 15 heavy (non-hydrogen) atoms. The molecule has 4 nitrogen and oxygen atoms in total. The lowest BCUT2D eigenvalue weighted by Crippen LogP contribution is -2.31. The fraction of sp³-hybridized carbons (Fsp3) is 0.200. The number of aryl methyl sites for hydroxylation is 1. The monoisotopic (exact) mass is 207 g/mol. The Kier molecular flexibility index (Phi) is 2.15. The van der Waals surface area contributed by atoms with Gasteiger partial charge >= 0.3 is 0 Å². The first-order chi connectivity index (χ1) is 7.08. The van der Waals surface area contributed by atoms with Crippen molar-refractivity contribution in [1.29, 1.82) is 0 Å². The van der Waals surface area contributed by atoms with E-state index in [1.165, 1.54) is 12.1 Å². The van der Waals surface area contributed by atoms with Crippen molar-refractivity contribution >= 4 is 11.9 Å². The second kappa shape index (κ2) is 3.34. The predicted octanol–water partition coefficient (Wildman–Crippen LogP) is 0.620. The third-order valence-electron chi connectivity index (χ3n) is 2.30. The fourth-order valence-electron chi connectivity index (χ4n) is 1.54. The minimum Gasteiger partial charge on any atom is -0.370 e. The molecule has 0 fully saturated rings. The van der Waals surface area contributed by atoms with E-state index in [0.29, 0.717) is 5.56 Å². The molecule has 0 radical (unpaired) electrons. The summed E-state index contributed by atoms with van der Waals surface area (Å²) in [4.78, 5) is 15.3. The zero-order chi connectivity index (χ0) is 11.0. The van der Waals surface area contributed by atoms with Crippen molar-refractivity contribution in [2.24, 2.45) is 10.7 Å². The number of hydrogen-bond acceptors (Lipinski definition) is 3. The molecule has 1 aliphatic rings. The molecule has 1 heterocycles. The third-order valence-corrected chi connectivity index (χ3v) is 2.30. The Morgan fingerprint density at radius 2 is 2.27 bits per heavy atom. The molecule has 1 atom stereocenters. The molecule has 0 bridgehead atoms. The molecule has 0 spiro atoms. The van der Waals surface area contributed by atoms with Crippen LogP contribution in [0.5, 0.6) is 0 Å². The number of carbonyl (C=O) groups excluding carboxylic acids is 1. The Hall–Kier alpha value is -1.91. The summed E-state index contributed by atoms with van der Waals surface area (Å²) in [5.41, 5.74) is 6.73. The van der Waals surface area contributed by atoms with Crippen LogP contribution in [-0.4, -0.2) is 11.9 Å². The van der Waals surface area contributed by atoms with Gasteiger partial charge in [-0.1, -0.05) is 6.07 Å². The summed E-state index contributed by atoms with van der Waals surface area (Å²) >= 11 is 0. The number of carbonyl (C=O) groups is 1. The van der Waals surface area contributed by atoms with Crippen molar-refractivity contribution in [3.05, 3.63) is 35.1 Å². The number of benzene rings is 1. The molecule has 1 aromatic carbocycles. The summed E-state index contributed by atoms with van der Waals surface area (Å²) in [6.07, 6.45) is 0. The van der Waals surface area contributed by atoms with Gasteiger partial charge in [0.05, 0.1) is 0 Å². The van der Waals surface area contributed by atoms with Crippen molar-refractivity contribution in [1.82, 2.24) is 5.32 Å². The maximum atomic E-state index is 13.0. The first-order valence-corrected chi connectivity index (χ1v) is 4.48. The molecule has 3 N–H and O–H groups in total. The van der Waals surface area contributed by atoms with Crippen molar-refractivity contribution in [3.8, 4) is 0 Å². The topological polar surface area (TPSA) is 67.5 Å². The van der Waals surface area contributed by atoms with Crippen LogP contribution in [0, 0.1) is 12.7 Å². The van der Waals surface area contributed by atoms with E-state index in [1.54, 1.807) is 13.0 Å². The number of nitrogens with two attached hydrogens (primary N) is 1.